The molecule has 2 atom stereocenters. The molecule has 1 saturated heterocycles. The number of nitrogens with one attached hydrogen (secondary N) is 1. The van der Waals surface area contributed by atoms with Crippen molar-refractivity contribution in [2.75, 3.05) is 24.2 Å². The quantitative estimate of drug-likeness (QED) is 0.922. The molecule has 2 rings (SSSR count). The monoisotopic (exact) mass is 292 g/mol. The SMILES string of the molecule is CCCNc1ccccc1C(=O)N1CCSC(C)C1C. The van der Waals surface area contributed by atoms with E-state index in [-0.39, 0.29) is 5.91 Å². The number of carbonyl (C=O) groups is 1. The molecule has 1 aromatic carbocycles. The maximum atomic E-state index is 12.8. The number of anilines is 1. The molecule has 1 N–H and O–H groups in total. The third kappa shape index (κ3) is 3.29. The predicted octanol–water partition coefficient (Wildman–Crippen LogP) is 3.47. The molecule has 0 bridgehead atoms. The van der Waals surface area contributed by atoms with Crippen molar-refractivity contribution in [3.05, 3.63) is 29.8 Å². The molecule has 1 amide bonds. The highest BCUT2D eigenvalue weighted by Crippen LogP contribution is 2.27. The zero-order valence-corrected chi connectivity index (χ0v) is 13.4. The third-order valence-electron chi connectivity index (χ3n) is 3.87. The van der Waals surface area contributed by atoms with E-state index >= 15 is 0 Å². The van der Waals surface area contributed by atoms with Crippen molar-refractivity contribution < 1.29 is 4.79 Å². The molecule has 0 aliphatic carbocycles. The molecule has 0 saturated carbocycles. The largest absolute Gasteiger partial charge is 0.384 e. The summed E-state index contributed by atoms with van der Waals surface area (Å²) in [6.07, 6.45) is 1.05. The van der Waals surface area contributed by atoms with Crippen LogP contribution in [0.5, 0.6) is 0 Å². The summed E-state index contributed by atoms with van der Waals surface area (Å²) in [6, 6.07) is 8.14. The zero-order chi connectivity index (χ0) is 14.5. The van der Waals surface area contributed by atoms with Gasteiger partial charge in [0.15, 0.2) is 0 Å². The summed E-state index contributed by atoms with van der Waals surface area (Å²) in [5, 5.41) is 3.86. The summed E-state index contributed by atoms with van der Waals surface area (Å²) in [5.74, 6) is 1.19. The van der Waals surface area contributed by atoms with Gasteiger partial charge in [0.05, 0.1) is 5.56 Å². The van der Waals surface area contributed by atoms with Crippen molar-refractivity contribution in [2.24, 2.45) is 0 Å². The number of amides is 1. The van der Waals surface area contributed by atoms with E-state index in [0.29, 0.717) is 11.3 Å². The summed E-state index contributed by atoms with van der Waals surface area (Å²) in [4.78, 5) is 14.8. The first-order valence-electron chi connectivity index (χ1n) is 7.40. The molecule has 1 aliphatic rings. The van der Waals surface area contributed by atoms with E-state index in [0.717, 1.165) is 36.5 Å². The molecular weight excluding hydrogens is 268 g/mol. The van der Waals surface area contributed by atoms with Crippen molar-refractivity contribution in [3.63, 3.8) is 0 Å². The fraction of sp³-hybridized carbons (Fsp3) is 0.562. The third-order valence-corrected chi connectivity index (χ3v) is 5.21. The number of hydrogen-bond donors (Lipinski definition) is 1. The molecule has 110 valence electrons. The van der Waals surface area contributed by atoms with Crippen LogP contribution in [0.1, 0.15) is 37.6 Å². The summed E-state index contributed by atoms with van der Waals surface area (Å²) >= 11 is 1.95. The van der Waals surface area contributed by atoms with Crippen molar-refractivity contribution in [2.45, 2.75) is 38.5 Å². The van der Waals surface area contributed by atoms with Crippen LogP contribution < -0.4 is 5.32 Å². The molecule has 1 heterocycles. The number of carbonyl (C=O) groups excluding carboxylic acids is 1. The second-order valence-electron chi connectivity index (χ2n) is 5.29. The molecule has 1 aliphatic heterocycles. The molecule has 0 radical (unpaired) electrons. The first-order chi connectivity index (χ1) is 9.65. The van der Waals surface area contributed by atoms with E-state index in [1.165, 1.54) is 0 Å². The number of para-hydroxylation sites is 1. The Hall–Kier alpha value is -1.16. The van der Waals surface area contributed by atoms with Crippen LogP contribution in [0.3, 0.4) is 0 Å². The average Bonchev–Trinajstić information content (AvgIpc) is 2.47. The Morgan fingerprint density at radius 1 is 1.40 bits per heavy atom. The number of benzene rings is 1. The van der Waals surface area contributed by atoms with Gasteiger partial charge in [-0.05, 0) is 25.5 Å². The van der Waals surface area contributed by atoms with Crippen molar-refractivity contribution in [1.82, 2.24) is 4.90 Å². The van der Waals surface area contributed by atoms with Crippen LogP contribution in [-0.2, 0) is 0 Å². The van der Waals surface area contributed by atoms with Gasteiger partial charge in [0.25, 0.3) is 5.91 Å². The van der Waals surface area contributed by atoms with E-state index < -0.39 is 0 Å². The smallest absolute Gasteiger partial charge is 0.256 e. The van der Waals surface area contributed by atoms with Gasteiger partial charge >= 0.3 is 0 Å². The molecule has 3 nitrogen and oxygen atoms in total. The van der Waals surface area contributed by atoms with Crippen molar-refractivity contribution in [1.29, 1.82) is 0 Å². The Balaban J connectivity index is 2.19. The van der Waals surface area contributed by atoms with Gasteiger partial charge in [-0.1, -0.05) is 26.0 Å². The van der Waals surface area contributed by atoms with Crippen LogP contribution in [0.2, 0.25) is 0 Å². The zero-order valence-electron chi connectivity index (χ0n) is 12.6. The standard InChI is InChI=1S/C16H24N2OS/c1-4-9-17-15-8-6-5-7-14(15)16(19)18-10-11-20-13(3)12(18)2/h5-8,12-13,17H,4,9-11H2,1-3H3. The topological polar surface area (TPSA) is 32.3 Å². The predicted molar refractivity (Wildman–Crippen MR) is 87.6 cm³/mol. The van der Waals surface area contributed by atoms with Crippen molar-refractivity contribution in [3.8, 4) is 0 Å². The maximum Gasteiger partial charge on any atom is 0.256 e. The number of thioether (sulfide) groups is 1. The first kappa shape index (κ1) is 15.2. The van der Waals surface area contributed by atoms with Crippen LogP contribution in [-0.4, -0.2) is 40.9 Å². The van der Waals surface area contributed by atoms with Crippen LogP contribution in [0.4, 0.5) is 5.69 Å². The Bertz CT molecular complexity index is 464. The van der Waals surface area contributed by atoms with Gasteiger partial charge in [-0.15, -0.1) is 0 Å². The van der Waals surface area contributed by atoms with Gasteiger partial charge in [0.1, 0.15) is 0 Å². The Morgan fingerprint density at radius 3 is 2.90 bits per heavy atom. The minimum absolute atomic E-state index is 0.156. The molecule has 0 aromatic heterocycles. The van der Waals surface area contributed by atoms with Crippen LogP contribution in [0.25, 0.3) is 0 Å². The highest BCUT2D eigenvalue weighted by atomic mass is 32.2. The average molecular weight is 292 g/mol. The van der Waals surface area contributed by atoms with Gasteiger partial charge in [-0.3, -0.25) is 4.79 Å². The van der Waals surface area contributed by atoms with Crippen molar-refractivity contribution >= 4 is 23.4 Å². The normalized spacial score (nSPS) is 22.6. The van der Waals surface area contributed by atoms with Crippen LogP contribution >= 0.6 is 11.8 Å². The molecule has 4 heteroatoms. The van der Waals surface area contributed by atoms with Gasteiger partial charge in [-0.25, -0.2) is 0 Å². The number of nitrogens with zero attached hydrogens (tertiary/aromatic N) is 1. The molecule has 1 fully saturated rings. The highest BCUT2D eigenvalue weighted by molar-refractivity contribution is 8.00. The van der Waals surface area contributed by atoms with E-state index in [4.69, 9.17) is 0 Å². The minimum atomic E-state index is 0.156. The highest BCUT2D eigenvalue weighted by Gasteiger charge is 2.30. The maximum absolute atomic E-state index is 12.8. The van der Waals surface area contributed by atoms with E-state index in [9.17, 15) is 4.79 Å². The summed E-state index contributed by atoms with van der Waals surface area (Å²) in [5.41, 5.74) is 1.75. The first-order valence-corrected chi connectivity index (χ1v) is 8.45. The van der Waals surface area contributed by atoms with E-state index in [2.05, 4.69) is 26.1 Å². The van der Waals surface area contributed by atoms with Gasteiger partial charge in [0, 0.05) is 35.8 Å². The van der Waals surface area contributed by atoms with Crippen LogP contribution in [0, 0.1) is 0 Å². The summed E-state index contributed by atoms with van der Waals surface area (Å²) in [6.45, 7) is 8.22. The minimum Gasteiger partial charge on any atom is -0.384 e. The molecule has 0 spiro atoms. The number of hydrogen-bond acceptors (Lipinski definition) is 3. The van der Waals surface area contributed by atoms with Gasteiger partial charge in [0.2, 0.25) is 0 Å². The molecular formula is C16H24N2OS. The van der Waals surface area contributed by atoms with Gasteiger partial charge < -0.3 is 10.2 Å². The van der Waals surface area contributed by atoms with Crippen LogP contribution in [0.15, 0.2) is 24.3 Å². The fourth-order valence-electron chi connectivity index (χ4n) is 2.46. The Morgan fingerprint density at radius 2 is 2.15 bits per heavy atom. The lowest BCUT2D eigenvalue weighted by molar-refractivity contribution is 0.0699. The Kier molecular flexibility index (Phi) is 5.35. The summed E-state index contributed by atoms with van der Waals surface area (Å²) < 4.78 is 0. The van der Waals surface area contributed by atoms with E-state index in [1.54, 1.807) is 0 Å². The van der Waals surface area contributed by atoms with Gasteiger partial charge in [-0.2, -0.15) is 11.8 Å². The summed E-state index contributed by atoms with van der Waals surface area (Å²) in [7, 11) is 0. The lowest BCUT2D eigenvalue weighted by Gasteiger charge is -2.37. The molecule has 2 unspecified atom stereocenters. The second kappa shape index (κ2) is 7.02. The second-order valence-corrected chi connectivity index (χ2v) is 6.77. The lowest BCUT2D eigenvalue weighted by atomic mass is 10.1. The fourth-order valence-corrected chi connectivity index (χ4v) is 3.56. The molecule has 1 aromatic rings. The molecule has 20 heavy (non-hydrogen) atoms. The Labute approximate surface area is 126 Å². The lowest BCUT2D eigenvalue weighted by Crippen LogP contribution is -2.48. The number of rotatable bonds is 4. The van der Waals surface area contributed by atoms with E-state index in [1.807, 2.05) is 40.9 Å².